The third-order valence-corrected chi connectivity index (χ3v) is 45.6. The van der Waals surface area contributed by atoms with Crippen molar-refractivity contribution >= 4 is 86.8 Å². The summed E-state index contributed by atoms with van der Waals surface area (Å²) in [4.78, 5) is 98.2. The van der Waals surface area contributed by atoms with Crippen molar-refractivity contribution < 1.29 is 146 Å². The molecule has 22 saturated heterocycles. The van der Waals surface area contributed by atoms with Crippen molar-refractivity contribution in [3.8, 4) is 0 Å². The molecule has 0 spiro atoms. The lowest BCUT2D eigenvalue weighted by Crippen LogP contribution is -2.69. The van der Waals surface area contributed by atoms with Crippen LogP contribution in [0.4, 0.5) is 0 Å². The summed E-state index contributed by atoms with van der Waals surface area (Å²) in [7, 11) is -10.9. The minimum Gasteiger partial charge on any atom is -0.459 e. The van der Waals surface area contributed by atoms with E-state index in [0.29, 0.717) is 24.5 Å². The standard InChI is InChI=1S/C85H153NO31SSi4/c1-34-56-66-70(101-51(9)89)73(94-38-36-39-118-40-37-86)79(106-56)114-67-57(35-2)107-80(74(104-54(12)92)71(67)102-52(10)90)116-68-60(43-97-121(30,31)84(20,21)22)109-77(48(6)64(68)99-49(7)87)112-62-45(3)46(4)76(108-58(62)41-95-119(26,27)82(14,15)16)113-63-47(5)65(100-50(8)88)78(110-59(63)42-96-120(28,29)83(17,18)19)117-69-61(44-98-122(32,33)85(23,24)25)111-81(115-66)75(105-55(13)93)72(69)103-53(11)91/h45-48,56-81H,34-44,86H2,1-33H3/t45-,46-,47+,48-,56-,57-,58-,59-,60-,61-,62+,63+,64-,65-,66-,67-,68-,69-,70+,71+,72+,73-,74-,75-,76-,77-,78-,79-,80-,81-/m1/s1. The Morgan fingerprint density at radius 2 is 0.557 bits per heavy atom. The van der Waals surface area contributed by atoms with Crippen molar-refractivity contribution in [3.63, 3.8) is 0 Å². The summed E-state index contributed by atoms with van der Waals surface area (Å²) in [6.45, 7) is 61.6. The summed E-state index contributed by atoms with van der Waals surface area (Å²) in [6, 6.07) is 0. The van der Waals surface area contributed by atoms with Gasteiger partial charge < -0.3 is 118 Å². The third-order valence-electron chi connectivity index (χ3n) is 26.5. The molecule has 22 aliphatic rings. The van der Waals surface area contributed by atoms with Crippen molar-refractivity contribution in [3.05, 3.63) is 0 Å². The first-order valence-corrected chi connectivity index (χ1v) is 56.6. The molecule has 0 radical (unpaired) electrons. The SMILES string of the molecule is CC[C@H]1O[C@@H]2O[C@H]3[C@H](OC(C)=O)[C@@H](OC(C)=O)[C@@H](O[C@H]4[C@H](OC(C)=O)[C@@H](C)[C@@H](O[C@H]5[C@H](C)[C@@H](C)[C@@H](O[C@H]6[C@H](C)[C@@H](OC(C)=O)[C@@H](O[C@H]7[C@H](OC(C)=O)[C@@H](OC(C)=O)[C@@H](O[C@H]1[C@H](OC(C)=O)[C@H]2OCCCSCCN)O[C@@H]7CO[Si](C)(C)C(C)(C)C)O[C@@H]6CO[Si](C)(C)C(C)(C)C)O[C@@H]5CO[Si](C)(C)C(C)(C)C)O[C@@H]4CO[Si](C)(C)C(C)(C)C)O[C@@H]3CC. The molecule has 0 aromatic rings. The number of esters is 7. The van der Waals surface area contributed by atoms with Gasteiger partial charge in [-0.05, 0) is 103 Å². The molecular formula is C85H153NO31SSi4. The fourth-order valence-electron chi connectivity index (χ4n) is 15.1. The van der Waals surface area contributed by atoms with E-state index in [1.165, 1.54) is 41.5 Å². The van der Waals surface area contributed by atoms with Crippen LogP contribution in [-0.4, -0.2) is 286 Å². The molecule has 22 heterocycles. The van der Waals surface area contributed by atoms with Crippen LogP contribution in [0.25, 0.3) is 0 Å². The van der Waals surface area contributed by atoms with Gasteiger partial charge in [0.1, 0.15) is 61.0 Å². The van der Waals surface area contributed by atoms with Crippen molar-refractivity contribution in [1.29, 1.82) is 0 Å². The minimum atomic E-state index is -2.82. The molecule has 706 valence electrons. The van der Waals surface area contributed by atoms with Gasteiger partial charge in [0.05, 0.1) is 50.8 Å². The smallest absolute Gasteiger partial charge is 0.303 e. The molecule has 30 atom stereocenters. The number of hydrogen-bond acceptors (Lipinski definition) is 33. The first-order valence-electron chi connectivity index (χ1n) is 43.8. The highest BCUT2D eigenvalue weighted by Crippen LogP contribution is 2.49. The molecule has 22 aliphatic heterocycles. The van der Waals surface area contributed by atoms with E-state index in [-0.39, 0.29) is 61.0 Å². The van der Waals surface area contributed by atoms with Crippen LogP contribution < -0.4 is 5.73 Å². The predicted octanol–water partition coefficient (Wildman–Crippen LogP) is 12.1. The molecule has 22 rings (SSSR count). The lowest BCUT2D eigenvalue weighted by atomic mass is 9.83. The van der Waals surface area contributed by atoms with E-state index in [9.17, 15) is 33.6 Å². The van der Waals surface area contributed by atoms with Gasteiger partial charge in [-0.15, -0.1) is 0 Å². The Balaban J connectivity index is 1.56. The van der Waals surface area contributed by atoms with Gasteiger partial charge in [-0.3, -0.25) is 33.6 Å². The Hall–Kier alpha value is -3.21. The summed E-state index contributed by atoms with van der Waals surface area (Å²) in [6.07, 6.45) is -35.1. The summed E-state index contributed by atoms with van der Waals surface area (Å²) in [5, 5.41) is -1.33. The average molecular weight is 1830 g/mol. The quantitative estimate of drug-likeness (QED) is 0.0329. The zero-order valence-corrected chi connectivity index (χ0v) is 84.1. The van der Waals surface area contributed by atoms with E-state index in [0.717, 1.165) is 6.92 Å². The predicted molar refractivity (Wildman–Crippen MR) is 461 cm³/mol. The van der Waals surface area contributed by atoms with Crippen molar-refractivity contribution in [2.45, 2.75) is 425 Å². The minimum absolute atomic E-state index is 0.00963. The summed E-state index contributed by atoms with van der Waals surface area (Å²) < 4.78 is 168. The lowest BCUT2D eigenvalue weighted by molar-refractivity contribution is -0.398. The number of nitrogens with two attached hydrogens (primary N) is 1. The van der Waals surface area contributed by atoms with Crippen molar-refractivity contribution in [2.24, 2.45) is 29.4 Å². The summed E-state index contributed by atoms with van der Waals surface area (Å²) >= 11 is 1.59. The molecule has 0 aromatic carbocycles. The fraction of sp³-hybridized carbons (Fsp3) is 0.918. The molecule has 0 amide bonds. The van der Waals surface area contributed by atoms with E-state index >= 15 is 0 Å². The Morgan fingerprint density at radius 1 is 0.303 bits per heavy atom. The Labute approximate surface area is 734 Å². The first kappa shape index (κ1) is 106. The number of hydrogen-bond donors (Lipinski definition) is 1. The van der Waals surface area contributed by atoms with Crippen LogP contribution in [0.15, 0.2) is 0 Å². The van der Waals surface area contributed by atoms with Gasteiger partial charge in [0.15, 0.2) is 108 Å². The van der Waals surface area contributed by atoms with Crippen LogP contribution in [-0.2, 0) is 146 Å². The molecule has 37 heteroatoms. The molecule has 22 fully saturated rings. The van der Waals surface area contributed by atoms with Crippen LogP contribution in [0.5, 0.6) is 0 Å². The molecule has 122 heavy (non-hydrogen) atoms. The molecule has 0 unspecified atom stereocenters. The van der Waals surface area contributed by atoms with E-state index in [1.807, 2.05) is 40.8 Å². The highest BCUT2D eigenvalue weighted by atomic mass is 32.2. The van der Waals surface area contributed by atoms with Crippen LogP contribution in [0.1, 0.15) is 192 Å². The number of carbonyl (C=O) groups excluding carboxylic acids is 7. The van der Waals surface area contributed by atoms with Gasteiger partial charge in [-0.2, -0.15) is 11.8 Å². The second kappa shape index (κ2) is 43.7. The van der Waals surface area contributed by atoms with Gasteiger partial charge in [-0.25, -0.2) is 0 Å². The van der Waals surface area contributed by atoms with Gasteiger partial charge in [0, 0.05) is 85.1 Å². The molecule has 32 nitrogen and oxygen atoms in total. The van der Waals surface area contributed by atoms with E-state index in [2.05, 4.69) is 122 Å². The highest BCUT2D eigenvalue weighted by molar-refractivity contribution is 7.99. The number of carbonyl (C=O) groups is 7. The first-order chi connectivity index (χ1) is 56.3. The lowest BCUT2D eigenvalue weighted by Gasteiger charge is -2.53. The largest absolute Gasteiger partial charge is 0.459 e. The second-order valence-corrected chi connectivity index (χ2v) is 60.5. The topological polar surface area (TPSA) is 367 Å². The molecule has 2 N–H and O–H groups in total. The Bertz CT molecular complexity index is 3410. The third kappa shape index (κ3) is 27.0. The maximum atomic E-state index is 14.2. The van der Waals surface area contributed by atoms with Crippen LogP contribution >= 0.6 is 11.8 Å². The Morgan fingerprint density at radius 3 is 0.893 bits per heavy atom. The second-order valence-electron chi connectivity index (χ2n) is 40.0. The molecule has 0 saturated carbocycles. The normalized spacial score (nSPS) is 36.2. The van der Waals surface area contributed by atoms with Gasteiger partial charge >= 0.3 is 41.8 Å². The van der Waals surface area contributed by atoms with Crippen LogP contribution in [0, 0.1) is 23.7 Å². The van der Waals surface area contributed by atoms with E-state index in [1.54, 1.807) is 25.6 Å². The zero-order valence-electron chi connectivity index (χ0n) is 79.2. The van der Waals surface area contributed by atoms with Crippen LogP contribution in [0.3, 0.4) is 0 Å². The molecule has 0 aromatic heterocycles. The van der Waals surface area contributed by atoms with Crippen LogP contribution in [0.2, 0.25) is 72.5 Å². The van der Waals surface area contributed by atoms with Crippen molar-refractivity contribution in [2.75, 3.05) is 51.1 Å². The monoisotopic (exact) mass is 1830 g/mol. The van der Waals surface area contributed by atoms with Gasteiger partial charge in [0.25, 0.3) is 0 Å². The fourth-order valence-corrected chi connectivity index (χ4v) is 19.8. The molecule has 12 bridgehead atoms. The Kier molecular flexibility index (Phi) is 37.9. The summed E-state index contributed by atoms with van der Waals surface area (Å²) in [5.74, 6) is -7.11. The van der Waals surface area contributed by atoms with E-state index in [4.69, 9.17) is 118 Å². The molecular weight excluding hydrogens is 1680 g/mol. The van der Waals surface area contributed by atoms with Gasteiger partial charge in [0.2, 0.25) is 0 Å². The number of thioether (sulfide) groups is 1. The maximum Gasteiger partial charge on any atom is 0.303 e. The van der Waals surface area contributed by atoms with Crippen molar-refractivity contribution in [1.82, 2.24) is 0 Å². The number of rotatable bonds is 28. The number of ether oxygens (including phenoxy) is 20. The maximum absolute atomic E-state index is 14.2. The average Bonchev–Trinajstić information content (AvgIpc) is 0.812. The van der Waals surface area contributed by atoms with Gasteiger partial charge in [-0.1, -0.05) is 125 Å². The highest BCUT2D eigenvalue weighted by Gasteiger charge is 2.63. The zero-order chi connectivity index (χ0) is 91.8. The molecule has 0 aliphatic carbocycles. The van der Waals surface area contributed by atoms with E-state index < -0.39 is 264 Å². The summed E-state index contributed by atoms with van der Waals surface area (Å²) in [5.41, 5.74) is 5.93.